The quantitative estimate of drug-likeness (QED) is 0.351. The lowest BCUT2D eigenvalue weighted by Crippen LogP contribution is -2.65. The third-order valence-corrected chi connectivity index (χ3v) is 10.4. The first-order valence-electron chi connectivity index (χ1n) is 7.52. The van der Waals surface area contributed by atoms with E-state index in [0.717, 1.165) is 13.8 Å². The number of halogens is 6. The molecule has 0 aliphatic carbocycles. The molecule has 1 saturated heterocycles. The van der Waals surface area contributed by atoms with Gasteiger partial charge in [0.25, 0.3) is 0 Å². The summed E-state index contributed by atoms with van der Waals surface area (Å²) in [6.45, 7) is 2.26. The zero-order chi connectivity index (χ0) is 20.6. The van der Waals surface area contributed by atoms with Gasteiger partial charge in [-0.2, -0.15) is 37.4 Å². The molecule has 6 nitrogen and oxygen atoms in total. The molecule has 1 rings (SSSR count). The number of hydrogen-bond donors (Lipinski definition) is 2. The summed E-state index contributed by atoms with van der Waals surface area (Å²) in [4.78, 5) is 0. The van der Waals surface area contributed by atoms with E-state index < -0.39 is 64.4 Å². The van der Waals surface area contributed by atoms with Gasteiger partial charge in [0.1, 0.15) is 5.66 Å². The molecule has 0 radical (unpaired) electrons. The van der Waals surface area contributed by atoms with Crippen molar-refractivity contribution in [2.75, 3.05) is 11.5 Å². The van der Waals surface area contributed by atoms with Crippen LogP contribution in [0, 0.1) is 0 Å². The molecule has 0 amide bonds. The maximum atomic E-state index is 13.0. The predicted octanol–water partition coefficient (Wildman–Crippen LogP) is 2.80. The molecule has 1 heterocycles. The monoisotopic (exact) mass is 454 g/mol. The first-order valence-corrected chi connectivity index (χ1v) is 12.1. The van der Waals surface area contributed by atoms with E-state index >= 15 is 0 Å². The van der Waals surface area contributed by atoms with E-state index in [9.17, 15) is 43.2 Å². The Morgan fingerprint density at radius 2 is 1.19 bits per heavy atom. The fourth-order valence-electron chi connectivity index (χ4n) is 2.61. The van der Waals surface area contributed by atoms with Gasteiger partial charge in [0.2, 0.25) is 0 Å². The molecule has 0 atom stereocenters. The third-order valence-electron chi connectivity index (χ3n) is 4.01. The summed E-state index contributed by atoms with van der Waals surface area (Å²) in [6, 6.07) is 0. The zero-order valence-corrected chi connectivity index (χ0v) is 16.4. The normalized spacial score (nSPS) is 19.3. The van der Waals surface area contributed by atoms with Gasteiger partial charge in [-0.1, -0.05) is 17.6 Å². The maximum absolute atomic E-state index is 13.0. The van der Waals surface area contributed by atoms with Crippen molar-refractivity contribution in [2.45, 2.75) is 56.2 Å². The van der Waals surface area contributed by atoms with Gasteiger partial charge in [-0.05, 0) is 37.2 Å². The molecule has 1 aliphatic heterocycles. The van der Waals surface area contributed by atoms with Crippen LogP contribution in [0.1, 0.15) is 39.5 Å². The molecule has 1 N–H and O–H groups in total. The van der Waals surface area contributed by atoms with Crippen LogP contribution in [0.3, 0.4) is 0 Å². The maximum Gasteiger partial charge on any atom is 0.512 e. The second-order valence-electron chi connectivity index (χ2n) is 5.64. The van der Waals surface area contributed by atoms with Crippen LogP contribution in [-0.4, -0.2) is 48.7 Å². The molecule has 158 valence electrons. The molecular formula is C11H20F6N2O4S3. The Bertz CT molecular complexity index is 650. The van der Waals surface area contributed by atoms with Gasteiger partial charge in [-0.15, -0.1) is 0 Å². The van der Waals surface area contributed by atoms with E-state index in [4.69, 9.17) is 0 Å². The first kappa shape index (κ1) is 23.8. The smallest absolute Gasteiger partial charge is 0.262 e. The molecule has 0 aromatic rings. The van der Waals surface area contributed by atoms with E-state index in [0.29, 0.717) is 24.3 Å². The second kappa shape index (κ2) is 7.64. The highest BCUT2D eigenvalue weighted by Crippen LogP contribution is 2.44. The summed E-state index contributed by atoms with van der Waals surface area (Å²) in [5, 5.41) is 0. The highest BCUT2D eigenvalue weighted by Gasteiger charge is 2.67. The molecule has 0 unspecified atom stereocenters. The molecule has 0 spiro atoms. The Kier molecular flexibility index (Phi) is 6.99. The van der Waals surface area contributed by atoms with Crippen molar-refractivity contribution in [1.82, 2.24) is 8.43 Å². The van der Waals surface area contributed by atoms with Crippen molar-refractivity contribution in [3.05, 3.63) is 0 Å². The Morgan fingerprint density at radius 3 is 1.46 bits per heavy atom. The Labute approximate surface area is 150 Å². The number of nitrogens with one attached hydrogen (secondary N) is 1. The fourth-order valence-corrected chi connectivity index (χ4v) is 8.85. The summed E-state index contributed by atoms with van der Waals surface area (Å²) in [7, 11) is -13.7. The standard InChI is InChI=1S/C11H20F6N2O4S3/c1-3-9(4-2,18-24-7-5-6-8-24)19(25(20,21)10(12,13)14)26(22,23)11(15,16)17/h18,24H,3-8H2,1-2H3. The molecule has 1 aliphatic rings. The van der Waals surface area contributed by atoms with Crippen LogP contribution in [-0.2, 0) is 20.0 Å². The van der Waals surface area contributed by atoms with Gasteiger partial charge < -0.3 is 0 Å². The van der Waals surface area contributed by atoms with E-state index in [1.165, 1.54) is 0 Å². The molecular weight excluding hydrogens is 434 g/mol. The van der Waals surface area contributed by atoms with Crippen molar-refractivity contribution in [2.24, 2.45) is 0 Å². The van der Waals surface area contributed by atoms with Gasteiger partial charge in [-0.3, -0.25) is 4.72 Å². The Balaban J connectivity index is 3.70. The molecule has 1 fully saturated rings. The topological polar surface area (TPSA) is 83.6 Å². The summed E-state index contributed by atoms with van der Waals surface area (Å²) in [5.41, 5.74) is -15.0. The number of alkyl halides is 6. The van der Waals surface area contributed by atoms with Gasteiger partial charge in [0.15, 0.2) is 0 Å². The van der Waals surface area contributed by atoms with E-state index in [1.807, 2.05) is 0 Å². The van der Waals surface area contributed by atoms with Crippen LogP contribution < -0.4 is 4.72 Å². The second-order valence-corrected chi connectivity index (χ2v) is 11.6. The average Bonchev–Trinajstić information content (AvgIpc) is 2.96. The zero-order valence-electron chi connectivity index (χ0n) is 13.9. The summed E-state index contributed by atoms with van der Waals surface area (Å²) in [5.74, 6) is 0.895. The van der Waals surface area contributed by atoms with Gasteiger partial charge in [0, 0.05) is 0 Å². The number of rotatable bonds is 7. The summed E-state index contributed by atoms with van der Waals surface area (Å²) in [6.07, 6.45) is 0.125. The van der Waals surface area contributed by atoms with Crippen molar-refractivity contribution in [3.8, 4) is 0 Å². The van der Waals surface area contributed by atoms with Crippen molar-refractivity contribution in [3.63, 3.8) is 0 Å². The molecule has 15 heteroatoms. The lowest BCUT2D eigenvalue weighted by molar-refractivity contribution is -0.0578. The summed E-state index contributed by atoms with van der Waals surface area (Å²) < 4.78 is 127. The minimum atomic E-state index is -6.83. The predicted molar refractivity (Wildman–Crippen MR) is 86.2 cm³/mol. The minimum Gasteiger partial charge on any atom is -0.262 e. The van der Waals surface area contributed by atoms with Crippen molar-refractivity contribution in [1.29, 1.82) is 0 Å². The van der Waals surface area contributed by atoms with Gasteiger partial charge in [0.05, 0.1) is 0 Å². The highest BCUT2D eigenvalue weighted by atomic mass is 32.3. The molecule has 26 heavy (non-hydrogen) atoms. The lowest BCUT2D eigenvalue weighted by atomic mass is 10.1. The van der Waals surface area contributed by atoms with Crippen LogP contribution in [0.25, 0.3) is 0 Å². The lowest BCUT2D eigenvalue weighted by Gasteiger charge is -2.44. The molecule has 0 bridgehead atoms. The molecule has 0 saturated carbocycles. The number of hydrogen-bond acceptors (Lipinski definition) is 5. The Hall–Kier alpha value is -0.250. The Morgan fingerprint density at radius 1 is 0.846 bits per heavy atom. The summed E-state index contributed by atoms with van der Waals surface area (Å²) >= 11 is -1.30. The van der Waals surface area contributed by atoms with Crippen LogP contribution in [0.4, 0.5) is 26.3 Å². The van der Waals surface area contributed by atoms with Crippen molar-refractivity contribution < 1.29 is 43.2 Å². The fraction of sp³-hybridized carbons (Fsp3) is 1.00. The molecule has 0 aromatic heterocycles. The van der Waals surface area contributed by atoms with Crippen LogP contribution in [0.15, 0.2) is 0 Å². The number of thiol groups is 1. The SMILES string of the molecule is CCC(CC)(N[SH]1CCCC1)N(S(=O)(=O)C(F)(F)F)S(=O)(=O)C(F)(F)F. The van der Waals surface area contributed by atoms with Crippen LogP contribution in [0.2, 0.25) is 0 Å². The third kappa shape index (κ3) is 4.25. The van der Waals surface area contributed by atoms with Crippen LogP contribution >= 0.6 is 11.1 Å². The highest BCUT2D eigenvalue weighted by molar-refractivity contribution is 8.15. The van der Waals surface area contributed by atoms with Gasteiger partial charge >= 0.3 is 31.1 Å². The van der Waals surface area contributed by atoms with E-state index in [1.54, 1.807) is 0 Å². The van der Waals surface area contributed by atoms with Crippen molar-refractivity contribution >= 4 is 31.1 Å². The first-order chi connectivity index (χ1) is 11.6. The number of nitrogens with zero attached hydrogens (tertiary/aromatic N) is 1. The van der Waals surface area contributed by atoms with E-state index in [-0.39, 0.29) is 0 Å². The molecule has 0 aromatic carbocycles. The van der Waals surface area contributed by atoms with E-state index in [2.05, 4.69) is 4.72 Å². The van der Waals surface area contributed by atoms with Gasteiger partial charge in [-0.25, -0.2) is 16.8 Å². The van der Waals surface area contributed by atoms with Crippen LogP contribution in [0.5, 0.6) is 0 Å². The average molecular weight is 454 g/mol. The largest absolute Gasteiger partial charge is 0.512 e. The minimum absolute atomic E-state index is 0.447. The number of sulfonamides is 2.